The van der Waals surface area contributed by atoms with Gasteiger partial charge in [0.1, 0.15) is 16.7 Å². The third-order valence-corrected chi connectivity index (χ3v) is 4.50. The van der Waals surface area contributed by atoms with Crippen molar-refractivity contribution in [3.8, 4) is 0 Å². The molecule has 0 saturated carbocycles. The molecule has 2 aromatic heterocycles. The summed E-state index contributed by atoms with van der Waals surface area (Å²) >= 11 is 5.48. The fourth-order valence-corrected chi connectivity index (χ4v) is 2.67. The van der Waals surface area contributed by atoms with Crippen molar-refractivity contribution in [2.75, 3.05) is 5.21 Å². The van der Waals surface area contributed by atoms with Crippen LogP contribution < -0.4 is 0 Å². The Morgan fingerprint density at radius 3 is 1.89 bits per heavy atom. The Hall–Kier alpha value is -1.24. The lowest BCUT2D eigenvalue weighted by atomic mass is 10.4. The van der Waals surface area contributed by atoms with E-state index in [2.05, 4.69) is 0 Å². The minimum absolute atomic E-state index is 0.128. The summed E-state index contributed by atoms with van der Waals surface area (Å²) in [5, 5.41) is -0.478. The quantitative estimate of drug-likeness (QED) is 0.766. The molecule has 0 saturated heterocycles. The van der Waals surface area contributed by atoms with Crippen LogP contribution >= 0.6 is 11.6 Å². The number of nitrogens with zero attached hydrogens (tertiary/aromatic N) is 1. The fraction of sp³-hybridized carbons (Fsp3) is 0.273. The molecule has 2 aromatic rings. The van der Waals surface area contributed by atoms with E-state index >= 15 is 0 Å². The van der Waals surface area contributed by atoms with Gasteiger partial charge in [-0.25, -0.2) is 8.42 Å². The molecule has 7 heteroatoms. The zero-order chi connectivity index (χ0) is 13.0. The molecule has 0 unspecified atom stereocenters. The molecule has 2 heterocycles. The van der Waals surface area contributed by atoms with Crippen LogP contribution in [-0.4, -0.2) is 17.9 Å². The largest absolute Gasteiger partial charge is 0.468 e. The van der Waals surface area contributed by atoms with Gasteiger partial charge in [0.25, 0.3) is 0 Å². The van der Waals surface area contributed by atoms with Crippen LogP contribution in [0.15, 0.2) is 45.6 Å². The molecule has 0 aliphatic rings. The highest BCUT2D eigenvalue weighted by Crippen LogP contribution is 2.16. The summed E-state index contributed by atoms with van der Waals surface area (Å²) in [5.74, 6) is 1.10. The number of rotatable bonds is 6. The van der Waals surface area contributed by atoms with E-state index in [9.17, 15) is 8.42 Å². The van der Waals surface area contributed by atoms with E-state index in [0.29, 0.717) is 11.5 Å². The zero-order valence-electron chi connectivity index (χ0n) is 9.45. The van der Waals surface area contributed by atoms with Crippen molar-refractivity contribution in [1.82, 2.24) is 4.31 Å². The lowest BCUT2D eigenvalue weighted by molar-refractivity contribution is 0.332. The average molecular weight is 290 g/mol. The number of furan rings is 2. The highest BCUT2D eigenvalue weighted by molar-refractivity contribution is 7.90. The van der Waals surface area contributed by atoms with Crippen molar-refractivity contribution in [2.45, 2.75) is 13.1 Å². The van der Waals surface area contributed by atoms with Crippen LogP contribution in [0.1, 0.15) is 11.5 Å². The number of alkyl halides is 1. The van der Waals surface area contributed by atoms with E-state index in [1.165, 1.54) is 16.8 Å². The average Bonchev–Trinajstić information content (AvgIpc) is 3.01. The predicted molar refractivity (Wildman–Crippen MR) is 66.3 cm³/mol. The van der Waals surface area contributed by atoms with E-state index in [1.54, 1.807) is 24.3 Å². The number of halogens is 1. The first-order chi connectivity index (χ1) is 8.62. The predicted octanol–water partition coefficient (Wildman–Crippen LogP) is 2.40. The Morgan fingerprint density at radius 1 is 1.06 bits per heavy atom. The SMILES string of the molecule is O=S(=O)(CCl)N(Cc1ccco1)Cc1ccco1. The van der Waals surface area contributed by atoms with Gasteiger partial charge in [-0.3, -0.25) is 0 Å². The molecule has 0 fully saturated rings. The van der Waals surface area contributed by atoms with Gasteiger partial charge in [0.15, 0.2) is 0 Å². The second-order valence-corrected chi connectivity index (χ2v) is 6.20. The summed E-state index contributed by atoms with van der Waals surface area (Å²) in [6.07, 6.45) is 2.99. The molecule has 18 heavy (non-hydrogen) atoms. The molecule has 2 rings (SSSR count). The molecule has 98 valence electrons. The second kappa shape index (κ2) is 5.60. The molecule has 0 amide bonds. The highest BCUT2D eigenvalue weighted by Gasteiger charge is 2.23. The molecule has 0 aromatic carbocycles. The van der Waals surface area contributed by atoms with Gasteiger partial charge in [0, 0.05) is 0 Å². The molecule has 0 atom stereocenters. The topological polar surface area (TPSA) is 63.7 Å². The third-order valence-electron chi connectivity index (χ3n) is 2.36. The Bertz CT molecular complexity index is 526. The summed E-state index contributed by atoms with van der Waals surface area (Å²) in [7, 11) is -3.53. The van der Waals surface area contributed by atoms with E-state index in [0.717, 1.165) is 0 Å². The maximum Gasteiger partial charge on any atom is 0.228 e. The highest BCUT2D eigenvalue weighted by atomic mass is 35.5. The van der Waals surface area contributed by atoms with Crippen LogP contribution in [0.3, 0.4) is 0 Å². The number of hydrogen-bond donors (Lipinski definition) is 0. The third kappa shape index (κ3) is 3.16. The first kappa shape index (κ1) is 13.2. The van der Waals surface area contributed by atoms with Crippen molar-refractivity contribution < 1.29 is 17.3 Å². The Balaban J connectivity index is 2.18. The van der Waals surface area contributed by atoms with Crippen LogP contribution in [0, 0.1) is 0 Å². The summed E-state index contributed by atoms with van der Waals surface area (Å²) in [6, 6.07) is 6.82. The van der Waals surface area contributed by atoms with Crippen molar-refractivity contribution >= 4 is 21.6 Å². The van der Waals surface area contributed by atoms with Gasteiger partial charge in [-0.05, 0) is 24.3 Å². The first-order valence-corrected chi connectivity index (χ1v) is 7.35. The number of hydrogen-bond acceptors (Lipinski definition) is 4. The molecule has 0 bridgehead atoms. The minimum atomic E-state index is -3.53. The second-order valence-electron chi connectivity index (χ2n) is 3.65. The Morgan fingerprint density at radius 2 is 1.56 bits per heavy atom. The first-order valence-electron chi connectivity index (χ1n) is 5.20. The van der Waals surface area contributed by atoms with Crippen molar-refractivity contribution in [1.29, 1.82) is 0 Å². The van der Waals surface area contributed by atoms with E-state index < -0.39 is 15.2 Å². The summed E-state index contributed by atoms with van der Waals surface area (Å²) in [6.45, 7) is 0.255. The molecule has 0 N–H and O–H groups in total. The summed E-state index contributed by atoms with van der Waals surface area (Å²) < 4.78 is 35.2. The molecular formula is C11H12ClNO4S. The van der Waals surface area contributed by atoms with Gasteiger partial charge in [0.2, 0.25) is 10.0 Å². The minimum Gasteiger partial charge on any atom is -0.468 e. The van der Waals surface area contributed by atoms with Gasteiger partial charge >= 0.3 is 0 Å². The Kier molecular flexibility index (Phi) is 4.11. The molecule has 0 aliphatic heterocycles. The molecule has 0 aliphatic carbocycles. The lowest BCUT2D eigenvalue weighted by Gasteiger charge is -2.18. The monoisotopic (exact) mass is 289 g/mol. The Labute approximate surface area is 110 Å². The molecule has 0 radical (unpaired) electrons. The van der Waals surface area contributed by atoms with Gasteiger partial charge in [-0.1, -0.05) is 0 Å². The van der Waals surface area contributed by atoms with Gasteiger partial charge < -0.3 is 8.83 Å². The maximum atomic E-state index is 11.9. The van der Waals surface area contributed by atoms with Gasteiger partial charge in [-0.2, -0.15) is 4.31 Å². The number of sulfonamides is 1. The lowest BCUT2D eigenvalue weighted by Crippen LogP contribution is -2.30. The van der Waals surface area contributed by atoms with Crippen LogP contribution in [0.5, 0.6) is 0 Å². The van der Waals surface area contributed by atoms with Gasteiger partial charge in [-0.15, -0.1) is 11.6 Å². The molecular weight excluding hydrogens is 278 g/mol. The summed E-state index contributed by atoms with van der Waals surface area (Å²) in [5.41, 5.74) is 0. The normalized spacial score (nSPS) is 12.1. The van der Waals surface area contributed by atoms with Crippen LogP contribution in [0.4, 0.5) is 0 Å². The standard InChI is InChI=1S/C11H12ClNO4S/c12-9-18(14,15)13(7-10-3-1-5-16-10)8-11-4-2-6-17-11/h1-6H,7-9H2. The van der Waals surface area contributed by atoms with Crippen molar-refractivity contribution in [2.24, 2.45) is 0 Å². The smallest absolute Gasteiger partial charge is 0.228 e. The zero-order valence-corrected chi connectivity index (χ0v) is 11.0. The van der Waals surface area contributed by atoms with Crippen LogP contribution in [0.25, 0.3) is 0 Å². The van der Waals surface area contributed by atoms with Crippen LogP contribution in [0.2, 0.25) is 0 Å². The van der Waals surface area contributed by atoms with Gasteiger partial charge in [0.05, 0.1) is 25.6 Å². The van der Waals surface area contributed by atoms with E-state index in [-0.39, 0.29) is 13.1 Å². The molecule has 0 spiro atoms. The van der Waals surface area contributed by atoms with Crippen molar-refractivity contribution in [3.05, 3.63) is 48.3 Å². The van der Waals surface area contributed by atoms with E-state index in [4.69, 9.17) is 20.4 Å². The fourth-order valence-electron chi connectivity index (χ4n) is 1.47. The van der Waals surface area contributed by atoms with Crippen LogP contribution in [-0.2, 0) is 23.1 Å². The van der Waals surface area contributed by atoms with E-state index in [1.807, 2.05) is 0 Å². The molecule has 5 nitrogen and oxygen atoms in total. The maximum absolute atomic E-state index is 11.9. The van der Waals surface area contributed by atoms with Crippen molar-refractivity contribution in [3.63, 3.8) is 0 Å². The summed E-state index contributed by atoms with van der Waals surface area (Å²) in [4.78, 5) is 0.